The Kier molecular flexibility index (Phi) is 9.07. The number of hydrogen-bond acceptors (Lipinski definition) is 3. The third-order valence-electron chi connectivity index (χ3n) is 5.06. The van der Waals surface area contributed by atoms with Crippen LogP contribution in [-0.4, -0.2) is 0 Å². The van der Waals surface area contributed by atoms with Crippen LogP contribution in [0.5, 0.6) is 0 Å². The maximum atomic E-state index is 4.50. The summed E-state index contributed by atoms with van der Waals surface area (Å²) in [6, 6.07) is 27.0. The lowest BCUT2D eigenvalue weighted by molar-refractivity contribution is 0.616. The highest BCUT2D eigenvalue weighted by Gasteiger charge is 2.24. The summed E-state index contributed by atoms with van der Waals surface area (Å²) in [5.41, 5.74) is 4.58. The minimum absolute atomic E-state index is 0.0946. The van der Waals surface area contributed by atoms with Gasteiger partial charge in [0.15, 0.2) is 0 Å². The number of azo groups is 1. The lowest BCUT2D eigenvalue weighted by Gasteiger charge is -2.27. The third kappa shape index (κ3) is 6.17. The fourth-order valence-corrected chi connectivity index (χ4v) is 3.97. The minimum atomic E-state index is -0.0946. The molecule has 0 aliphatic heterocycles. The summed E-state index contributed by atoms with van der Waals surface area (Å²) in [7, 11) is 0. The molecule has 3 aromatic rings. The molecule has 0 bridgehead atoms. The van der Waals surface area contributed by atoms with Crippen molar-refractivity contribution in [1.29, 1.82) is 0 Å². The fourth-order valence-electron chi connectivity index (χ4n) is 3.07. The molecule has 0 unspecified atom stereocenters. The summed E-state index contributed by atoms with van der Waals surface area (Å²) < 4.78 is 0. The average molecular weight is 417 g/mol. The molecule has 0 spiro atoms. The molecule has 0 aliphatic carbocycles. The first kappa shape index (κ1) is 23.6. The van der Waals surface area contributed by atoms with Crippen LogP contribution in [-0.2, 0) is 5.41 Å². The Morgan fingerprint density at radius 2 is 1.43 bits per heavy atom. The van der Waals surface area contributed by atoms with Crippen molar-refractivity contribution in [2.24, 2.45) is 10.2 Å². The molecule has 156 valence electrons. The van der Waals surface area contributed by atoms with Crippen molar-refractivity contribution in [1.82, 2.24) is 0 Å². The van der Waals surface area contributed by atoms with Gasteiger partial charge < -0.3 is 0 Å². The lowest BCUT2D eigenvalue weighted by atomic mass is 9.77. The van der Waals surface area contributed by atoms with E-state index in [0.717, 1.165) is 10.6 Å². The van der Waals surface area contributed by atoms with E-state index in [0.29, 0.717) is 0 Å². The number of allylic oxidation sites excluding steroid dienone is 1. The van der Waals surface area contributed by atoms with Crippen molar-refractivity contribution in [3.05, 3.63) is 102 Å². The molecule has 0 N–H and O–H groups in total. The van der Waals surface area contributed by atoms with Crippen LogP contribution < -0.4 is 0 Å². The summed E-state index contributed by atoms with van der Waals surface area (Å²) in [6.45, 7) is 12.7. The summed E-state index contributed by atoms with van der Waals surface area (Å²) in [6.07, 6.45) is 1.89. The van der Waals surface area contributed by atoms with Crippen LogP contribution in [0.3, 0.4) is 0 Å². The Morgan fingerprint density at radius 1 is 0.833 bits per heavy atom. The predicted octanol–water partition coefficient (Wildman–Crippen LogP) is 9.14. The van der Waals surface area contributed by atoms with Gasteiger partial charge in [-0.05, 0) is 54.8 Å². The standard InChI is InChI=1S/C25H26N2S.C2H6/c1-19-12-8-9-15-22(19)25(3,4)20(2)18-26-27-23-16-10-11-17-24(23)28-21-13-6-5-7-14-21;1-2/h5-18H,1-4H3;1-2H3/b20-18-,27-26?;. The Hall–Kier alpha value is -2.65. The summed E-state index contributed by atoms with van der Waals surface area (Å²) in [4.78, 5) is 2.29. The highest BCUT2D eigenvalue weighted by molar-refractivity contribution is 7.99. The first-order valence-corrected chi connectivity index (χ1v) is 11.3. The highest BCUT2D eigenvalue weighted by atomic mass is 32.2. The van der Waals surface area contributed by atoms with E-state index in [2.05, 4.69) is 80.4 Å². The van der Waals surface area contributed by atoms with Crippen molar-refractivity contribution in [3.8, 4) is 0 Å². The molecule has 0 amide bonds. The van der Waals surface area contributed by atoms with E-state index in [-0.39, 0.29) is 5.41 Å². The summed E-state index contributed by atoms with van der Waals surface area (Å²) >= 11 is 1.70. The van der Waals surface area contributed by atoms with Gasteiger partial charge in [0.2, 0.25) is 0 Å². The van der Waals surface area contributed by atoms with Gasteiger partial charge in [0, 0.05) is 21.4 Å². The van der Waals surface area contributed by atoms with Gasteiger partial charge >= 0.3 is 0 Å². The highest BCUT2D eigenvalue weighted by Crippen LogP contribution is 2.36. The fraction of sp³-hybridized carbons (Fsp3) is 0.259. The lowest BCUT2D eigenvalue weighted by Crippen LogP contribution is -2.19. The van der Waals surface area contributed by atoms with E-state index in [4.69, 9.17) is 0 Å². The van der Waals surface area contributed by atoms with Crippen LogP contribution in [0.4, 0.5) is 5.69 Å². The molecular weight excluding hydrogens is 384 g/mol. The van der Waals surface area contributed by atoms with Crippen LogP contribution in [0, 0.1) is 6.92 Å². The van der Waals surface area contributed by atoms with Gasteiger partial charge in [-0.15, -0.1) is 5.11 Å². The van der Waals surface area contributed by atoms with Crippen LogP contribution in [0.1, 0.15) is 45.7 Å². The second-order valence-corrected chi connectivity index (χ2v) is 8.47. The molecule has 0 saturated heterocycles. The molecule has 0 aliphatic rings. The van der Waals surface area contributed by atoms with Crippen LogP contribution in [0.2, 0.25) is 0 Å². The molecule has 0 saturated carbocycles. The van der Waals surface area contributed by atoms with Gasteiger partial charge in [0.1, 0.15) is 0 Å². The molecule has 3 aromatic carbocycles. The van der Waals surface area contributed by atoms with Crippen LogP contribution >= 0.6 is 11.8 Å². The minimum Gasteiger partial charge on any atom is -0.159 e. The quantitative estimate of drug-likeness (QED) is 0.368. The Bertz CT molecular complexity index is 989. The first-order valence-electron chi connectivity index (χ1n) is 10.4. The summed E-state index contributed by atoms with van der Waals surface area (Å²) in [5.74, 6) is 0. The second kappa shape index (κ2) is 11.5. The van der Waals surface area contributed by atoms with Gasteiger partial charge in [-0.25, -0.2) is 0 Å². The van der Waals surface area contributed by atoms with Gasteiger partial charge in [-0.2, -0.15) is 5.11 Å². The third-order valence-corrected chi connectivity index (χ3v) is 6.13. The van der Waals surface area contributed by atoms with Gasteiger partial charge in [0.25, 0.3) is 0 Å². The number of hydrogen-bond donors (Lipinski definition) is 0. The van der Waals surface area contributed by atoms with Gasteiger partial charge in [0.05, 0.1) is 5.69 Å². The second-order valence-electron chi connectivity index (χ2n) is 7.35. The first-order chi connectivity index (χ1) is 14.5. The zero-order valence-electron chi connectivity index (χ0n) is 18.9. The van der Waals surface area contributed by atoms with Gasteiger partial charge in [-0.3, -0.25) is 0 Å². The Morgan fingerprint density at radius 3 is 2.13 bits per heavy atom. The Balaban J connectivity index is 0.00000155. The maximum Gasteiger partial charge on any atom is 0.0996 e. The zero-order valence-corrected chi connectivity index (χ0v) is 19.7. The molecule has 0 heterocycles. The molecule has 0 atom stereocenters. The van der Waals surface area contributed by atoms with Crippen molar-refractivity contribution in [3.63, 3.8) is 0 Å². The van der Waals surface area contributed by atoms with E-state index >= 15 is 0 Å². The van der Waals surface area contributed by atoms with E-state index in [1.165, 1.54) is 21.6 Å². The van der Waals surface area contributed by atoms with Crippen molar-refractivity contribution in [2.45, 2.75) is 56.7 Å². The average Bonchev–Trinajstić information content (AvgIpc) is 2.77. The Labute approximate surface area is 186 Å². The smallest absolute Gasteiger partial charge is 0.0996 e. The van der Waals surface area contributed by atoms with E-state index < -0.39 is 0 Å². The van der Waals surface area contributed by atoms with Crippen LogP contribution in [0.15, 0.2) is 111 Å². The SMILES string of the molecule is C/C(=C/N=Nc1ccccc1Sc1ccccc1)C(C)(C)c1ccccc1C.CC. The van der Waals surface area contributed by atoms with E-state index in [9.17, 15) is 0 Å². The molecular formula is C27H32N2S. The number of nitrogens with zero attached hydrogens (tertiary/aromatic N) is 2. The van der Waals surface area contributed by atoms with Crippen molar-refractivity contribution in [2.75, 3.05) is 0 Å². The molecule has 30 heavy (non-hydrogen) atoms. The maximum absolute atomic E-state index is 4.50. The van der Waals surface area contributed by atoms with Gasteiger partial charge in [-0.1, -0.05) is 94.1 Å². The zero-order chi connectivity index (χ0) is 22.0. The molecule has 0 radical (unpaired) electrons. The summed E-state index contributed by atoms with van der Waals surface area (Å²) in [5, 5.41) is 8.91. The monoisotopic (exact) mass is 416 g/mol. The molecule has 3 rings (SSSR count). The largest absolute Gasteiger partial charge is 0.159 e. The van der Waals surface area contributed by atoms with Crippen molar-refractivity contribution >= 4 is 17.4 Å². The molecule has 0 aromatic heterocycles. The predicted molar refractivity (Wildman–Crippen MR) is 131 cm³/mol. The topological polar surface area (TPSA) is 24.7 Å². The van der Waals surface area contributed by atoms with E-state index in [1.54, 1.807) is 11.8 Å². The number of aryl methyl sites for hydroxylation is 1. The van der Waals surface area contributed by atoms with Crippen molar-refractivity contribution < 1.29 is 0 Å². The molecule has 0 fully saturated rings. The number of rotatable bonds is 6. The molecule has 3 heteroatoms. The molecule has 2 nitrogen and oxygen atoms in total. The number of benzene rings is 3. The normalized spacial score (nSPS) is 11.9. The van der Waals surface area contributed by atoms with E-state index in [1.807, 2.05) is 56.4 Å². The van der Waals surface area contributed by atoms with Crippen LogP contribution in [0.25, 0.3) is 0 Å².